The molecule has 0 atom stereocenters. The van der Waals surface area contributed by atoms with Crippen LogP contribution in [0.3, 0.4) is 0 Å². The highest BCUT2D eigenvalue weighted by Crippen LogP contribution is 2.23. The predicted molar refractivity (Wildman–Crippen MR) is 104 cm³/mol. The van der Waals surface area contributed by atoms with Gasteiger partial charge in [-0.3, -0.25) is 0 Å². The molecule has 0 unspecified atom stereocenters. The molecule has 0 bridgehead atoms. The lowest BCUT2D eigenvalue weighted by atomic mass is 10.2. The number of aromatic nitrogens is 2. The molecule has 1 aromatic heterocycles. The van der Waals surface area contributed by atoms with Crippen molar-refractivity contribution >= 4 is 26.7 Å². The van der Waals surface area contributed by atoms with Crippen molar-refractivity contribution in [1.82, 2.24) is 9.97 Å². The van der Waals surface area contributed by atoms with Crippen molar-refractivity contribution in [3.8, 4) is 11.5 Å². The molecule has 3 rings (SSSR count). The van der Waals surface area contributed by atoms with Crippen LogP contribution in [-0.4, -0.2) is 38.4 Å². The van der Waals surface area contributed by atoms with Gasteiger partial charge in [0.15, 0.2) is 9.84 Å². The monoisotopic (exact) mass is 387 g/mol. The molecule has 142 valence electrons. The van der Waals surface area contributed by atoms with Crippen LogP contribution in [0.1, 0.15) is 12.5 Å². The van der Waals surface area contributed by atoms with Crippen molar-refractivity contribution in [1.29, 1.82) is 0 Å². The van der Waals surface area contributed by atoms with E-state index in [4.69, 9.17) is 9.47 Å². The van der Waals surface area contributed by atoms with Crippen molar-refractivity contribution in [3.63, 3.8) is 0 Å². The first-order valence-electron chi connectivity index (χ1n) is 8.40. The Balaban J connectivity index is 1.81. The van der Waals surface area contributed by atoms with Crippen molar-refractivity contribution in [2.75, 3.05) is 25.3 Å². The zero-order chi connectivity index (χ0) is 19.4. The minimum atomic E-state index is -3.25. The molecule has 0 aliphatic carbocycles. The Morgan fingerprint density at radius 3 is 2.37 bits per heavy atom. The minimum Gasteiger partial charge on any atom is -0.497 e. The fourth-order valence-electron chi connectivity index (χ4n) is 2.61. The first-order chi connectivity index (χ1) is 12.9. The molecule has 0 spiro atoms. The summed E-state index contributed by atoms with van der Waals surface area (Å²) in [7, 11) is -0.0490. The number of nitrogens with zero attached hydrogens (tertiary/aromatic N) is 2. The standard InChI is InChI=1S/C19H21N3O4S/c1-4-27(23,24)17-5-6-18-14(9-17)12-21-19(22-18)20-11-13-7-15(25-2)10-16(8-13)26-3/h5-10,12H,4,11H2,1-3H3,(H,20,21,22). The van der Waals surface area contributed by atoms with Gasteiger partial charge in [-0.25, -0.2) is 18.4 Å². The van der Waals surface area contributed by atoms with Crippen LogP contribution in [0.5, 0.6) is 11.5 Å². The lowest BCUT2D eigenvalue weighted by Gasteiger charge is -2.10. The van der Waals surface area contributed by atoms with E-state index in [0.29, 0.717) is 34.9 Å². The van der Waals surface area contributed by atoms with Crippen LogP contribution in [0.4, 0.5) is 5.95 Å². The third kappa shape index (κ3) is 4.28. The summed E-state index contributed by atoms with van der Waals surface area (Å²) in [6.07, 6.45) is 1.62. The minimum absolute atomic E-state index is 0.0585. The summed E-state index contributed by atoms with van der Waals surface area (Å²) in [5.74, 6) is 1.92. The second-order valence-electron chi connectivity index (χ2n) is 5.89. The number of fused-ring (bicyclic) bond motifs is 1. The van der Waals surface area contributed by atoms with E-state index < -0.39 is 9.84 Å². The number of ether oxygens (including phenoxy) is 2. The van der Waals surface area contributed by atoms with E-state index in [9.17, 15) is 8.42 Å². The maximum absolute atomic E-state index is 12.0. The topological polar surface area (TPSA) is 90.4 Å². The van der Waals surface area contributed by atoms with E-state index in [0.717, 1.165) is 5.56 Å². The normalized spacial score (nSPS) is 11.4. The number of hydrogen-bond donors (Lipinski definition) is 1. The zero-order valence-electron chi connectivity index (χ0n) is 15.4. The lowest BCUT2D eigenvalue weighted by Crippen LogP contribution is -2.05. The highest BCUT2D eigenvalue weighted by Gasteiger charge is 2.12. The predicted octanol–water partition coefficient (Wildman–Crippen LogP) is 3.05. The van der Waals surface area contributed by atoms with Crippen molar-refractivity contribution in [2.24, 2.45) is 0 Å². The molecule has 1 heterocycles. The number of anilines is 1. The highest BCUT2D eigenvalue weighted by atomic mass is 32.2. The van der Waals surface area contributed by atoms with Gasteiger partial charge in [0.1, 0.15) is 11.5 Å². The van der Waals surface area contributed by atoms with Gasteiger partial charge in [0.05, 0.1) is 30.4 Å². The summed E-state index contributed by atoms with van der Waals surface area (Å²) in [6, 6.07) is 10.5. The van der Waals surface area contributed by atoms with E-state index in [1.807, 2.05) is 12.1 Å². The van der Waals surface area contributed by atoms with Crippen molar-refractivity contribution in [3.05, 3.63) is 48.2 Å². The molecule has 27 heavy (non-hydrogen) atoms. The number of nitrogens with one attached hydrogen (secondary N) is 1. The van der Waals surface area contributed by atoms with E-state index in [1.54, 1.807) is 51.6 Å². The quantitative estimate of drug-likeness (QED) is 0.666. The average Bonchev–Trinajstić information content (AvgIpc) is 2.71. The third-order valence-corrected chi connectivity index (χ3v) is 5.88. The smallest absolute Gasteiger partial charge is 0.223 e. The summed E-state index contributed by atoms with van der Waals surface area (Å²) < 4.78 is 34.5. The molecule has 2 aromatic carbocycles. The first-order valence-corrected chi connectivity index (χ1v) is 10.1. The number of rotatable bonds is 7. The molecule has 1 N–H and O–H groups in total. The Hall–Kier alpha value is -2.87. The van der Waals surface area contributed by atoms with Crippen LogP contribution >= 0.6 is 0 Å². The molecule has 0 fully saturated rings. The molecule has 0 saturated carbocycles. The summed E-state index contributed by atoms with van der Waals surface area (Å²) >= 11 is 0. The Morgan fingerprint density at radius 1 is 1.04 bits per heavy atom. The fraction of sp³-hybridized carbons (Fsp3) is 0.263. The molecular weight excluding hydrogens is 366 g/mol. The molecule has 0 aliphatic rings. The Labute approximate surface area is 158 Å². The summed E-state index contributed by atoms with van der Waals surface area (Å²) in [6.45, 7) is 2.11. The van der Waals surface area contributed by atoms with Gasteiger partial charge in [-0.05, 0) is 35.9 Å². The van der Waals surface area contributed by atoms with Crippen molar-refractivity contribution < 1.29 is 17.9 Å². The fourth-order valence-corrected chi connectivity index (χ4v) is 3.52. The van der Waals surface area contributed by atoms with Gasteiger partial charge in [-0.15, -0.1) is 0 Å². The number of benzene rings is 2. The Morgan fingerprint density at radius 2 is 1.74 bits per heavy atom. The molecule has 0 aliphatic heterocycles. The van der Waals surface area contributed by atoms with E-state index in [-0.39, 0.29) is 10.6 Å². The number of hydrogen-bond acceptors (Lipinski definition) is 7. The largest absolute Gasteiger partial charge is 0.497 e. The van der Waals surface area contributed by atoms with E-state index >= 15 is 0 Å². The van der Waals surface area contributed by atoms with Gasteiger partial charge in [-0.2, -0.15) is 0 Å². The zero-order valence-corrected chi connectivity index (χ0v) is 16.2. The molecule has 0 radical (unpaired) electrons. The molecule has 0 amide bonds. The molecule has 3 aromatic rings. The lowest BCUT2D eigenvalue weighted by molar-refractivity contribution is 0.393. The van der Waals surface area contributed by atoms with Crippen LogP contribution < -0.4 is 14.8 Å². The van der Waals surface area contributed by atoms with Gasteiger partial charge in [0, 0.05) is 24.2 Å². The summed E-state index contributed by atoms with van der Waals surface area (Å²) in [5, 5.41) is 3.84. The summed E-state index contributed by atoms with van der Waals surface area (Å²) in [4.78, 5) is 9.00. The van der Waals surface area contributed by atoms with Crippen LogP contribution in [-0.2, 0) is 16.4 Å². The van der Waals surface area contributed by atoms with Gasteiger partial charge >= 0.3 is 0 Å². The second kappa shape index (κ2) is 7.79. The average molecular weight is 387 g/mol. The van der Waals surface area contributed by atoms with Gasteiger partial charge in [0.25, 0.3) is 0 Å². The van der Waals surface area contributed by atoms with Gasteiger partial charge < -0.3 is 14.8 Å². The van der Waals surface area contributed by atoms with Gasteiger partial charge in [-0.1, -0.05) is 6.92 Å². The van der Waals surface area contributed by atoms with Crippen LogP contribution in [0.15, 0.2) is 47.5 Å². The molecular formula is C19H21N3O4S. The SMILES string of the molecule is CCS(=O)(=O)c1ccc2nc(NCc3cc(OC)cc(OC)c3)ncc2c1. The number of sulfone groups is 1. The van der Waals surface area contributed by atoms with Gasteiger partial charge in [0.2, 0.25) is 5.95 Å². The van der Waals surface area contributed by atoms with E-state index in [1.165, 1.54) is 0 Å². The maximum Gasteiger partial charge on any atom is 0.223 e. The Bertz CT molecular complexity index is 1050. The second-order valence-corrected chi connectivity index (χ2v) is 8.17. The summed E-state index contributed by atoms with van der Waals surface area (Å²) in [5.41, 5.74) is 1.63. The molecule has 0 saturated heterocycles. The van der Waals surface area contributed by atoms with E-state index in [2.05, 4.69) is 15.3 Å². The maximum atomic E-state index is 12.0. The molecule has 8 heteroatoms. The number of methoxy groups -OCH3 is 2. The Kier molecular flexibility index (Phi) is 5.46. The third-order valence-electron chi connectivity index (χ3n) is 4.15. The van der Waals surface area contributed by atoms with Crippen LogP contribution in [0.2, 0.25) is 0 Å². The van der Waals surface area contributed by atoms with Crippen molar-refractivity contribution in [2.45, 2.75) is 18.4 Å². The first kappa shape index (κ1) is 18.9. The van der Waals surface area contributed by atoms with Crippen LogP contribution in [0.25, 0.3) is 10.9 Å². The van der Waals surface area contributed by atoms with Crippen LogP contribution in [0, 0.1) is 0 Å². The highest BCUT2D eigenvalue weighted by molar-refractivity contribution is 7.91. The molecule has 7 nitrogen and oxygen atoms in total.